The van der Waals surface area contributed by atoms with Crippen molar-refractivity contribution in [1.29, 1.82) is 0 Å². The third-order valence-electron chi connectivity index (χ3n) is 0.944. The average Bonchev–Trinajstić information content (AvgIpc) is 1.82. The molecule has 2 N–H and O–H groups in total. The van der Waals surface area contributed by atoms with Gasteiger partial charge in [-0.1, -0.05) is 13.3 Å². The molecule has 0 aliphatic rings. The van der Waals surface area contributed by atoms with Crippen molar-refractivity contribution in [3.8, 4) is 0 Å². The van der Waals surface area contributed by atoms with Gasteiger partial charge < -0.3 is 5.11 Å². The van der Waals surface area contributed by atoms with Crippen LogP contribution in [0.5, 0.6) is 0 Å². The molecule has 9 heavy (non-hydrogen) atoms. The summed E-state index contributed by atoms with van der Waals surface area (Å²) in [6.07, 6.45) is 0.288. The lowest BCUT2D eigenvalue weighted by Crippen LogP contribution is -2.26. The Kier molecular flexibility index (Phi) is 3.79. The summed E-state index contributed by atoms with van der Waals surface area (Å²) >= 11 is 0. The van der Waals surface area contributed by atoms with Crippen molar-refractivity contribution < 1.29 is 15.1 Å². The van der Waals surface area contributed by atoms with Gasteiger partial charge in [-0.2, -0.15) is 5.06 Å². The van der Waals surface area contributed by atoms with Gasteiger partial charge in [0.25, 0.3) is 0 Å². The summed E-state index contributed by atoms with van der Waals surface area (Å²) in [5.41, 5.74) is 0. The first-order chi connectivity index (χ1) is 4.18. The Balaban J connectivity index is 3.27. The van der Waals surface area contributed by atoms with Crippen LogP contribution in [0, 0.1) is 0 Å². The minimum atomic E-state index is -1.29. The fraction of sp³-hybridized carbons (Fsp3) is 0.800. The van der Waals surface area contributed by atoms with E-state index in [1.165, 1.54) is 0 Å². The molecule has 0 aromatic carbocycles. The highest BCUT2D eigenvalue weighted by Crippen LogP contribution is 1.90. The molecule has 0 unspecified atom stereocenters. The molecule has 0 heterocycles. The molecule has 54 valence electrons. The second-order valence-corrected chi connectivity index (χ2v) is 1.76. The van der Waals surface area contributed by atoms with E-state index in [1.54, 1.807) is 0 Å². The van der Waals surface area contributed by atoms with E-state index in [-0.39, 0.29) is 6.54 Å². The van der Waals surface area contributed by atoms with E-state index in [2.05, 4.69) is 0 Å². The Morgan fingerprint density at radius 2 is 2.22 bits per heavy atom. The molecule has 0 radical (unpaired) electrons. The van der Waals surface area contributed by atoms with E-state index in [1.807, 2.05) is 6.92 Å². The standard InChI is InChI=1S/C5H11NO3/c1-2-3-4-6(9)5(7)8/h9H,2-4H2,1H3,(H,7,8). The molecule has 0 fully saturated rings. The quantitative estimate of drug-likeness (QED) is 0.448. The summed E-state index contributed by atoms with van der Waals surface area (Å²) in [6, 6.07) is 0. The normalized spacial score (nSPS) is 9.11. The maximum absolute atomic E-state index is 9.88. The van der Waals surface area contributed by atoms with Crippen LogP contribution in [0.4, 0.5) is 4.79 Å². The Morgan fingerprint density at radius 1 is 1.67 bits per heavy atom. The number of hydroxylamine groups is 2. The van der Waals surface area contributed by atoms with Crippen molar-refractivity contribution >= 4 is 6.09 Å². The van der Waals surface area contributed by atoms with Crippen LogP contribution in [0.15, 0.2) is 0 Å². The van der Waals surface area contributed by atoms with E-state index >= 15 is 0 Å². The predicted molar refractivity (Wildman–Crippen MR) is 31.4 cm³/mol. The number of amides is 1. The third-order valence-corrected chi connectivity index (χ3v) is 0.944. The average molecular weight is 133 g/mol. The summed E-state index contributed by atoms with van der Waals surface area (Å²) in [5.74, 6) is 0. The second kappa shape index (κ2) is 4.14. The number of carbonyl (C=O) groups is 1. The number of rotatable bonds is 3. The molecule has 4 nitrogen and oxygen atoms in total. The van der Waals surface area contributed by atoms with Gasteiger partial charge in [0.05, 0.1) is 6.54 Å². The van der Waals surface area contributed by atoms with Gasteiger partial charge in [0.2, 0.25) is 0 Å². The number of hydrogen-bond acceptors (Lipinski definition) is 2. The number of unbranched alkanes of at least 4 members (excludes halogenated alkanes) is 1. The van der Waals surface area contributed by atoms with E-state index in [4.69, 9.17) is 10.3 Å². The first-order valence-electron chi connectivity index (χ1n) is 2.87. The fourth-order valence-electron chi connectivity index (χ4n) is 0.404. The zero-order valence-corrected chi connectivity index (χ0v) is 5.37. The van der Waals surface area contributed by atoms with Gasteiger partial charge >= 0.3 is 6.09 Å². The van der Waals surface area contributed by atoms with Crippen LogP contribution in [0.1, 0.15) is 19.8 Å². The van der Waals surface area contributed by atoms with E-state index in [0.29, 0.717) is 11.5 Å². The van der Waals surface area contributed by atoms with E-state index in [9.17, 15) is 4.79 Å². The van der Waals surface area contributed by atoms with Crippen LogP contribution in [0.3, 0.4) is 0 Å². The Labute approximate surface area is 53.7 Å². The predicted octanol–water partition coefficient (Wildman–Crippen LogP) is 1.16. The molecule has 0 aliphatic heterocycles. The molecule has 0 saturated carbocycles. The van der Waals surface area contributed by atoms with Crippen LogP contribution >= 0.6 is 0 Å². The van der Waals surface area contributed by atoms with Gasteiger partial charge in [-0.05, 0) is 6.42 Å². The lowest BCUT2D eigenvalue weighted by atomic mass is 10.3. The molecule has 0 aromatic rings. The number of nitrogens with zero attached hydrogens (tertiary/aromatic N) is 1. The van der Waals surface area contributed by atoms with Crippen molar-refractivity contribution in [2.24, 2.45) is 0 Å². The lowest BCUT2D eigenvalue weighted by molar-refractivity contribution is -0.0642. The first-order valence-corrected chi connectivity index (χ1v) is 2.87. The molecule has 0 bridgehead atoms. The molecule has 0 rings (SSSR count). The van der Waals surface area contributed by atoms with Crippen LogP contribution in [0.25, 0.3) is 0 Å². The first kappa shape index (κ1) is 8.23. The molecular formula is C5H11NO3. The van der Waals surface area contributed by atoms with Crippen molar-refractivity contribution in [3.63, 3.8) is 0 Å². The minimum Gasteiger partial charge on any atom is -0.463 e. The van der Waals surface area contributed by atoms with Crippen molar-refractivity contribution in [2.75, 3.05) is 6.54 Å². The van der Waals surface area contributed by atoms with Crippen molar-refractivity contribution in [2.45, 2.75) is 19.8 Å². The molecule has 1 amide bonds. The highest BCUT2D eigenvalue weighted by Gasteiger charge is 2.04. The highest BCUT2D eigenvalue weighted by atomic mass is 16.6. The van der Waals surface area contributed by atoms with E-state index < -0.39 is 6.09 Å². The Hall–Kier alpha value is -0.770. The van der Waals surface area contributed by atoms with Crippen molar-refractivity contribution in [1.82, 2.24) is 5.06 Å². The van der Waals surface area contributed by atoms with Gasteiger partial charge in [-0.3, -0.25) is 5.21 Å². The lowest BCUT2D eigenvalue weighted by Gasteiger charge is -2.08. The zero-order valence-electron chi connectivity index (χ0n) is 5.37. The largest absolute Gasteiger partial charge is 0.463 e. The van der Waals surface area contributed by atoms with Crippen LogP contribution in [-0.4, -0.2) is 28.0 Å². The minimum absolute atomic E-state index is 0.200. The molecule has 0 atom stereocenters. The molecular weight excluding hydrogens is 122 g/mol. The zero-order chi connectivity index (χ0) is 7.28. The third kappa shape index (κ3) is 3.78. The monoisotopic (exact) mass is 133 g/mol. The Bertz CT molecular complexity index is 94.2. The van der Waals surface area contributed by atoms with Crippen LogP contribution in [-0.2, 0) is 0 Å². The fourth-order valence-corrected chi connectivity index (χ4v) is 0.404. The molecule has 0 spiro atoms. The number of carboxylic acid groups (broad SMARTS) is 1. The van der Waals surface area contributed by atoms with Gasteiger partial charge in [-0.15, -0.1) is 0 Å². The summed E-state index contributed by atoms with van der Waals surface area (Å²) in [5, 5.41) is 16.9. The van der Waals surface area contributed by atoms with Crippen LogP contribution < -0.4 is 0 Å². The highest BCUT2D eigenvalue weighted by molar-refractivity contribution is 5.63. The molecule has 4 heteroatoms. The van der Waals surface area contributed by atoms with Gasteiger partial charge in [0.15, 0.2) is 0 Å². The van der Waals surface area contributed by atoms with E-state index in [0.717, 1.165) is 6.42 Å². The summed E-state index contributed by atoms with van der Waals surface area (Å²) < 4.78 is 0. The second-order valence-electron chi connectivity index (χ2n) is 1.76. The van der Waals surface area contributed by atoms with Crippen LogP contribution in [0.2, 0.25) is 0 Å². The summed E-state index contributed by atoms with van der Waals surface area (Å²) in [4.78, 5) is 9.88. The maximum Gasteiger partial charge on any atom is 0.431 e. The topological polar surface area (TPSA) is 60.8 Å². The molecule has 0 saturated heterocycles. The van der Waals surface area contributed by atoms with Gasteiger partial charge in [0, 0.05) is 0 Å². The van der Waals surface area contributed by atoms with Gasteiger partial charge in [-0.25, -0.2) is 4.79 Å². The van der Waals surface area contributed by atoms with Gasteiger partial charge in [0.1, 0.15) is 0 Å². The SMILES string of the molecule is CCCCN(O)C(=O)O. The number of hydrogen-bond donors (Lipinski definition) is 2. The Morgan fingerprint density at radius 3 is 2.56 bits per heavy atom. The maximum atomic E-state index is 9.88. The summed E-state index contributed by atoms with van der Waals surface area (Å²) in [6.45, 7) is 2.13. The van der Waals surface area contributed by atoms with Crippen molar-refractivity contribution in [3.05, 3.63) is 0 Å². The smallest absolute Gasteiger partial charge is 0.431 e. The summed E-state index contributed by atoms with van der Waals surface area (Å²) in [7, 11) is 0. The molecule has 0 aliphatic carbocycles. The molecule has 0 aromatic heterocycles.